The molecule has 0 radical (unpaired) electrons. The van der Waals surface area contributed by atoms with E-state index in [-0.39, 0.29) is 12.0 Å². The Morgan fingerprint density at radius 1 is 1.45 bits per heavy atom. The summed E-state index contributed by atoms with van der Waals surface area (Å²) < 4.78 is 5.18. The first kappa shape index (κ1) is 15.0. The lowest BCUT2D eigenvalue weighted by Gasteiger charge is -2.36. The zero-order valence-electron chi connectivity index (χ0n) is 12.3. The van der Waals surface area contributed by atoms with E-state index in [0.29, 0.717) is 19.1 Å². The quantitative estimate of drug-likeness (QED) is 0.830. The van der Waals surface area contributed by atoms with Crippen molar-refractivity contribution in [3.8, 4) is 0 Å². The number of piperazine rings is 1. The van der Waals surface area contributed by atoms with Crippen LogP contribution in [0.3, 0.4) is 0 Å². The molecule has 0 spiro atoms. The number of ether oxygens (including phenoxy) is 1. The van der Waals surface area contributed by atoms with Crippen LogP contribution in [-0.2, 0) is 9.53 Å². The van der Waals surface area contributed by atoms with Crippen molar-refractivity contribution in [1.82, 2.24) is 10.2 Å². The Kier molecular flexibility index (Phi) is 5.56. The molecule has 0 aromatic heterocycles. The molecule has 1 saturated heterocycles. The number of benzene rings is 1. The van der Waals surface area contributed by atoms with Crippen LogP contribution in [0.25, 0.3) is 0 Å². The van der Waals surface area contributed by atoms with Gasteiger partial charge in [-0.1, -0.05) is 37.3 Å². The number of carbonyl (C=O) groups excluding carboxylic acids is 1. The topological polar surface area (TPSA) is 41.6 Å². The van der Waals surface area contributed by atoms with E-state index in [9.17, 15) is 4.79 Å². The van der Waals surface area contributed by atoms with Crippen LogP contribution in [0.15, 0.2) is 30.3 Å². The molecule has 110 valence electrons. The van der Waals surface area contributed by atoms with Crippen molar-refractivity contribution in [1.29, 1.82) is 0 Å². The Hall–Kier alpha value is -1.39. The van der Waals surface area contributed by atoms with Crippen molar-refractivity contribution in [3.63, 3.8) is 0 Å². The molecule has 2 rings (SSSR count). The van der Waals surface area contributed by atoms with Gasteiger partial charge in [0.1, 0.15) is 6.04 Å². The summed E-state index contributed by atoms with van der Waals surface area (Å²) in [5, 5.41) is 3.27. The monoisotopic (exact) mass is 276 g/mol. The number of nitrogens with zero attached hydrogens (tertiary/aromatic N) is 1. The second-order valence-corrected chi connectivity index (χ2v) is 5.28. The summed E-state index contributed by atoms with van der Waals surface area (Å²) in [6.07, 6.45) is 0. The third kappa shape index (κ3) is 3.81. The minimum Gasteiger partial charge on any atom is -0.465 e. The standard InChI is InChI=1S/C16H24N2O2/c1-3-20-16(19)15-11-17-9-10-18(15)12-13(2)14-7-5-4-6-8-14/h4-8,13,15,17H,3,9-12H2,1-2H3. The summed E-state index contributed by atoms with van der Waals surface area (Å²) in [6.45, 7) is 7.88. The van der Waals surface area contributed by atoms with E-state index in [4.69, 9.17) is 4.74 Å². The fraction of sp³-hybridized carbons (Fsp3) is 0.562. The molecule has 1 fully saturated rings. The average Bonchev–Trinajstić information content (AvgIpc) is 2.49. The molecule has 4 heteroatoms. The van der Waals surface area contributed by atoms with Crippen LogP contribution in [0.5, 0.6) is 0 Å². The minimum absolute atomic E-state index is 0.111. The average molecular weight is 276 g/mol. The molecule has 0 aliphatic carbocycles. The van der Waals surface area contributed by atoms with E-state index in [1.165, 1.54) is 5.56 Å². The summed E-state index contributed by atoms with van der Waals surface area (Å²) in [5.74, 6) is 0.297. The summed E-state index contributed by atoms with van der Waals surface area (Å²) in [6, 6.07) is 10.3. The molecule has 1 aliphatic heterocycles. The van der Waals surface area contributed by atoms with Gasteiger partial charge in [-0.25, -0.2) is 0 Å². The van der Waals surface area contributed by atoms with Crippen LogP contribution in [0.1, 0.15) is 25.3 Å². The number of hydrogen-bond donors (Lipinski definition) is 1. The van der Waals surface area contributed by atoms with Crippen LogP contribution < -0.4 is 5.32 Å². The Balaban J connectivity index is 2.00. The smallest absolute Gasteiger partial charge is 0.324 e. The molecular formula is C16H24N2O2. The van der Waals surface area contributed by atoms with Crippen LogP contribution in [0.2, 0.25) is 0 Å². The largest absolute Gasteiger partial charge is 0.465 e. The van der Waals surface area contributed by atoms with Gasteiger partial charge in [-0.2, -0.15) is 0 Å². The first-order valence-electron chi connectivity index (χ1n) is 7.38. The van der Waals surface area contributed by atoms with Crippen molar-refractivity contribution in [2.24, 2.45) is 0 Å². The molecule has 2 unspecified atom stereocenters. The van der Waals surface area contributed by atoms with Crippen LogP contribution >= 0.6 is 0 Å². The molecule has 0 bridgehead atoms. The maximum atomic E-state index is 12.0. The van der Waals surface area contributed by atoms with Gasteiger partial charge in [0.05, 0.1) is 6.61 Å². The lowest BCUT2D eigenvalue weighted by Crippen LogP contribution is -2.56. The van der Waals surface area contributed by atoms with Gasteiger partial charge >= 0.3 is 5.97 Å². The predicted molar refractivity (Wildman–Crippen MR) is 79.7 cm³/mol. The molecule has 4 nitrogen and oxygen atoms in total. The van der Waals surface area contributed by atoms with Crippen molar-refractivity contribution < 1.29 is 9.53 Å². The van der Waals surface area contributed by atoms with Gasteiger partial charge in [0, 0.05) is 26.2 Å². The highest BCUT2D eigenvalue weighted by Crippen LogP contribution is 2.18. The number of esters is 1. The zero-order valence-corrected chi connectivity index (χ0v) is 12.3. The van der Waals surface area contributed by atoms with Crippen molar-refractivity contribution >= 4 is 5.97 Å². The second-order valence-electron chi connectivity index (χ2n) is 5.28. The van der Waals surface area contributed by atoms with Crippen LogP contribution in [0, 0.1) is 0 Å². The van der Waals surface area contributed by atoms with Crippen LogP contribution in [-0.4, -0.2) is 49.7 Å². The van der Waals surface area contributed by atoms with E-state index in [1.807, 2.05) is 13.0 Å². The number of rotatable bonds is 5. The zero-order chi connectivity index (χ0) is 14.4. The number of carbonyl (C=O) groups is 1. The number of hydrogen-bond acceptors (Lipinski definition) is 4. The van der Waals surface area contributed by atoms with Gasteiger partial charge in [-0.3, -0.25) is 9.69 Å². The highest BCUT2D eigenvalue weighted by Gasteiger charge is 2.30. The molecule has 1 heterocycles. The Morgan fingerprint density at radius 3 is 2.90 bits per heavy atom. The molecule has 0 saturated carbocycles. The lowest BCUT2D eigenvalue weighted by molar-refractivity contribution is -0.150. The predicted octanol–water partition coefficient (Wildman–Crippen LogP) is 1.63. The second kappa shape index (κ2) is 7.41. The van der Waals surface area contributed by atoms with Gasteiger partial charge in [-0.15, -0.1) is 0 Å². The molecule has 1 aliphatic rings. The highest BCUT2D eigenvalue weighted by molar-refractivity contribution is 5.76. The van der Waals surface area contributed by atoms with Gasteiger partial charge in [0.25, 0.3) is 0 Å². The van der Waals surface area contributed by atoms with E-state index >= 15 is 0 Å². The molecule has 1 aromatic rings. The minimum atomic E-state index is -0.158. The molecule has 1 aromatic carbocycles. The molecular weight excluding hydrogens is 252 g/mol. The Labute approximate surface area is 121 Å². The molecule has 0 amide bonds. The van der Waals surface area contributed by atoms with Gasteiger partial charge in [-0.05, 0) is 18.4 Å². The molecule has 1 N–H and O–H groups in total. The summed E-state index contributed by atoms with van der Waals surface area (Å²) in [5.41, 5.74) is 1.31. The maximum absolute atomic E-state index is 12.0. The van der Waals surface area contributed by atoms with Gasteiger partial charge in [0.2, 0.25) is 0 Å². The van der Waals surface area contributed by atoms with Crippen molar-refractivity contribution in [2.45, 2.75) is 25.8 Å². The van der Waals surface area contributed by atoms with E-state index in [0.717, 1.165) is 19.6 Å². The first-order valence-corrected chi connectivity index (χ1v) is 7.38. The van der Waals surface area contributed by atoms with Crippen molar-refractivity contribution in [2.75, 3.05) is 32.8 Å². The third-order valence-corrected chi connectivity index (χ3v) is 3.79. The molecule has 2 atom stereocenters. The third-order valence-electron chi connectivity index (χ3n) is 3.79. The van der Waals surface area contributed by atoms with E-state index in [1.54, 1.807) is 0 Å². The SMILES string of the molecule is CCOC(=O)C1CNCCN1CC(C)c1ccccc1. The molecule has 20 heavy (non-hydrogen) atoms. The summed E-state index contributed by atoms with van der Waals surface area (Å²) >= 11 is 0. The highest BCUT2D eigenvalue weighted by atomic mass is 16.5. The summed E-state index contributed by atoms with van der Waals surface area (Å²) in [4.78, 5) is 14.3. The summed E-state index contributed by atoms with van der Waals surface area (Å²) in [7, 11) is 0. The van der Waals surface area contributed by atoms with E-state index < -0.39 is 0 Å². The van der Waals surface area contributed by atoms with Gasteiger partial charge < -0.3 is 10.1 Å². The fourth-order valence-electron chi connectivity index (χ4n) is 2.67. The van der Waals surface area contributed by atoms with Crippen LogP contribution in [0.4, 0.5) is 0 Å². The lowest BCUT2D eigenvalue weighted by atomic mass is 9.99. The maximum Gasteiger partial charge on any atom is 0.324 e. The Morgan fingerprint density at radius 2 is 2.20 bits per heavy atom. The fourth-order valence-corrected chi connectivity index (χ4v) is 2.67. The number of nitrogens with one attached hydrogen (secondary N) is 1. The normalized spacial score (nSPS) is 21.4. The Bertz CT molecular complexity index is 422. The first-order chi connectivity index (χ1) is 9.72. The van der Waals surface area contributed by atoms with Gasteiger partial charge in [0.15, 0.2) is 0 Å². The van der Waals surface area contributed by atoms with Crippen molar-refractivity contribution in [3.05, 3.63) is 35.9 Å². The van der Waals surface area contributed by atoms with E-state index in [2.05, 4.69) is 41.4 Å².